The molecule has 0 aliphatic rings. The van der Waals surface area contributed by atoms with Crippen molar-refractivity contribution in [2.45, 2.75) is 31.8 Å². The van der Waals surface area contributed by atoms with E-state index in [2.05, 4.69) is 6.92 Å². The molecule has 4 nitrogen and oxygen atoms in total. The van der Waals surface area contributed by atoms with Crippen LogP contribution < -0.4 is 5.56 Å². The van der Waals surface area contributed by atoms with Crippen LogP contribution in [-0.4, -0.2) is 21.1 Å². The Kier molecular flexibility index (Phi) is 6.34. The highest BCUT2D eigenvalue weighted by Crippen LogP contribution is 2.31. The van der Waals surface area contributed by atoms with E-state index in [0.29, 0.717) is 26.6 Å². The van der Waals surface area contributed by atoms with E-state index in [1.807, 2.05) is 25.1 Å². The molecule has 7 heteroatoms. The quantitative estimate of drug-likeness (QED) is 0.201. The third-order valence-corrected chi connectivity index (χ3v) is 7.21. The molecule has 0 saturated carbocycles. The molecular weight excluding hydrogens is 431 g/mol. The number of aryl methyl sites for hydroxylation is 2. The van der Waals surface area contributed by atoms with Gasteiger partial charge in [0.25, 0.3) is 5.56 Å². The smallest absolute Gasteiger partial charge is 0.267 e. The number of hydrogen-bond donors (Lipinski definition) is 0. The van der Waals surface area contributed by atoms with Crippen LogP contribution in [0.1, 0.15) is 34.1 Å². The van der Waals surface area contributed by atoms with Gasteiger partial charge in [0.05, 0.1) is 16.8 Å². The number of nitrogens with zero attached hydrogens (tertiary/aromatic N) is 2. The van der Waals surface area contributed by atoms with Crippen LogP contribution in [0, 0.1) is 12.7 Å². The van der Waals surface area contributed by atoms with Gasteiger partial charge < -0.3 is 0 Å². The van der Waals surface area contributed by atoms with E-state index >= 15 is 0 Å². The first kappa shape index (κ1) is 21.5. The molecule has 31 heavy (non-hydrogen) atoms. The second-order valence-electron chi connectivity index (χ2n) is 7.17. The largest absolute Gasteiger partial charge is 0.293 e. The summed E-state index contributed by atoms with van der Waals surface area (Å²) < 4.78 is 15.0. The predicted octanol–water partition coefficient (Wildman–Crippen LogP) is 5.82. The lowest BCUT2D eigenvalue weighted by Gasteiger charge is -2.12. The Balaban J connectivity index is 1.82. The molecule has 4 aromatic rings. The zero-order chi connectivity index (χ0) is 22.0. The SMILES string of the molecule is CCCc1sc2nc(SCC(=O)c3ccccc3)n(-c3ccc(F)cc3)c(=O)c2c1C. The van der Waals surface area contributed by atoms with Gasteiger partial charge in [-0.05, 0) is 43.2 Å². The van der Waals surface area contributed by atoms with E-state index in [4.69, 9.17) is 4.98 Å². The van der Waals surface area contributed by atoms with Gasteiger partial charge in [-0.2, -0.15) is 0 Å². The molecule has 0 bridgehead atoms. The summed E-state index contributed by atoms with van der Waals surface area (Å²) in [5, 5.41) is 1.02. The maximum atomic E-state index is 13.5. The van der Waals surface area contributed by atoms with Crippen molar-refractivity contribution in [3.05, 3.63) is 86.8 Å². The van der Waals surface area contributed by atoms with Gasteiger partial charge in [0.2, 0.25) is 0 Å². The van der Waals surface area contributed by atoms with E-state index in [9.17, 15) is 14.0 Å². The molecule has 158 valence electrons. The summed E-state index contributed by atoms with van der Waals surface area (Å²) in [6, 6.07) is 14.8. The zero-order valence-corrected chi connectivity index (χ0v) is 18.9. The van der Waals surface area contributed by atoms with E-state index in [1.165, 1.54) is 39.8 Å². The molecule has 0 unspecified atom stereocenters. The van der Waals surface area contributed by atoms with Crippen LogP contribution in [-0.2, 0) is 6.42 Å². The minimum Gasteiger partial charge on any atom is -0.293 e. The van der Waals surface area contributed by atoms with Gasteiger partial charge in [0, 0.05) is 10.4 Å². The molecule has 2 aromatic heterocycles. The fourth-order valence-electron chi connectivity index (χ4n) is 3.43. The van der Waals surface area contributed by atoms with Gasteiger partial charge in [0.15, 0.2) is 10.9 Å². The maximum absolute atomic E-state index is 13.5. The third-order valence-electron chi connectivity index (χ3n) is 5.02. The van der Waals surface area contributed by atoms with E-state index < -0.39 is 0 Å². The number of aromatic nitrogens is 2. The highest BCUT2D eigenvalue weighted by Gasteiger charge is 2.20. The van der Waals surface area contributed by atoms with Gasteiger partial charge in [-0.25, -0.2) is 9.37 Å². The number of halogens is 1. The first-order valence-electron chi connectivity index (χ1n) is 10.0. The van der Waals surface area contributed by atoms with Crippen molar-refractivity contribution in [3.63, 3.8) is 0 Å². The average Bonchev–Trinajstić information content (AvgIpc) is 3.09. The van der Waals surface area contributed by atoms with Crippen molar-refractivity contribution in [2.75, 3.05) is 5.75 Å². The number of fused-ring (bicyclic) bond motifs is 1. The average molecular weight is 453 g/mol. The number of ketones is 1. The Bertz CT molecular complexity index is 1300. The summed E-state index contributed by atoms with van der Waals surface area (Å²) in [7, 11) is 0. The number of rotatable bonds is 7. The Hall–Kier alpha value is -2.77. The molecule has 2 aromatic carbocycles. The molecule has 0 saturated heterocycles. The van der Waals surface area contributed by atoms with Gasteiger partial charge >= 0.3 is 0 Å². The number of hydrogen-bond acceptors (Lipinski definition) is 5. The summed E-state index contributed by atoms with van der Waals surface area (Å²) in [5.74, 6) is -0.272. The lowest BCUT2D eigenvalue weighted by molar-refractivity contribution is 0.102. The van der Waals surface area contributed by atoms with Crippen molar-refractivity contribution < 1.29 is 9.18 Å². The third kappa shape index (κ3) is 4.34. The van der Waals surface area contributed by atoms with E-state index in [0.717, 1.165) is 23.3 Å². The molecule has 0 radical (unpaired) electrons. The second-order valence-corrected chi connectivity index (χ2v) is 9.20. The van der Waals surface area contributed by atoms with Crippen molar-refractivity contribution in [3.8, 4) is 5.69 Å². The van der Waals surface area contributed by atoms with Crippen molar-refractivity contribution in [1.82, 2.24) is 9.55 Å². The molecule has 0 amide bonds. The number of thiophene rings is 1. The molecular formula is C24H21FN2O2S2. The van der Waals surface area contributed by atoms with E-state index in [-0.39, 0.29) is 22.9 Å². The number of thioether (sulfide) groups is 1. The molecule has 0 fully saturated rings. The van der Waals surface area contributed by atoms with Crippen molar-refractivity contribution >= 4 is 39.1 Å². The minimum absolute atomic E-state index is 0.0420. The molecule has 4 rings (SSSR count). The highest BCUT2D eigenvalue weighted by molar-refractivity contribution is 7.99. The van der Waals surface area contributed by atoms with Gasteiger partial charge in [-0.1, -0.05) is 55.4 Å². The molecule has 0 aliphatic carbocycles. The Morgan fingerprint density at radius 1 is 1.13 bits per heavy atom. The van der Waals surface area contributed by atoms with Crippen LogP contribution in [0.2, 0.25) is 0 Å². The Morgan fingerprint density at radius 3 is 2.52 bits per heavy atom. The molecule has 2 heterocycles. The first-order valence-corrected chi connectivity index (χ1v) is 11.8. The lowest BCUT2D eigenvalue weighted by Crippen LogP contribution is -2.22. The van der Waals surface area contributed by atoms with Crippen LogP contribution >= 0.6 is 23.1 Å². The second kappa shape index (κ2) is 9.16. The number of Topliss-reactive ketones (excluding diaryl/α,β-unsaturated/α-hetero) is 1. The van der Waals surface area contributed by atoms with Gasteiger partial charge in [-0.15, -0.1) is 11.3 Å². The number of carbonyl (C=O) groups excluding carboxylic acids is 1. The lowest BCUT2D eigenvalue weighted by atomic mass is 10.1. The van der Waals surface area contributed by atoms with Gasteiger partial charge in [-0.3, -0.25) is 14.2 Å². The monoisotopic (exact) mass is 452 g/mol. The number of carbonyl (C=O) groups is 1. The molecule has 0 spiro atoms. The van der Waals surface area contributed by atoms with Crippen LogP contribution in [0.5, 0.6) is 0 Å². The summed E-state index contributed by atoms with van der Waals surface area (Å²) in [5.41, 5.74) is 1.90. The summed E-state index contributed by atoms with van der Waals surface area (Å²) in [4.78, 5) is 32.7. The standard InChI is InChI=1S/C24H21FN2O2S2/c1-3-7-20-15(2)21-22(31-20)26-24(30-14-19(28)16-8-5-4-6-9-16)27(23(21)29)18-12-10-17(25)11-13-18/h4-6,8-13H,3,7,14H2,1-2H3. The molecule has 0 atom stereocenters. The maximum Gasteiger partial charge on any atom is 0.267 e. The summed E-state index contributed by atoms with van der Waals surface area (Å²) in [6.07, 6.45) is 1.87. The fraction of sp³-hybridized carbons (Fsp3) is 0.208. The highest BCUT2D eigenvalue weighted by atomic mass is 32.2. The first-order chi connectivity index (χ1) is 15.0. The van der Waals surface area contributed by atoms with E-state index in [1.54, 1.807) is 24.3 Å². The van der Waals surface area contributed by atoms with Crippen molar-refractivity contribution in [1.29, 1.82) is 0 Å². The van der Waals surface area contributed by atoms with Crippen LogP contribution in [0.15, 0.2) is 64.5 Å². The molecule has 0 N–H and O–H groups in total. The topological polar surface area (TPSA) is 52.0 Å². The predicted molar refractivity (Wildman–Crippen MR) is 125 cm³/mol. The Morgan fingerprint density at radius 2 is 1.84 bits per heavy atom. The van der Waals surface area contributed by atoms with Crippen LogP contribution in [0.4, 0.5) is 4.39 Å². The Labute approximate surface area is 187 Å². The number of benzene rings is 2. The van der Waals surface area contributed by atoms with Crippen molar-refractivity contribution in [2.24, 2.45) is 0 Å². The molecule has 0 aliphatic heterocycles. The van der Waals surface area contributed by atoms with Crippen LogP contribution in [0.25, 0.3) is 15.9 Å². The summed E-state index contributed by atoms with van der Waals surface area (Å²) in [6.45, 7) is 4.05. The normalized spacial score (nSPS) is 11.2. The minimum atomic E-state index is -0.378. The van der Waals surface area contributed by atoms with Crippen LogP contribution in [0.3, 0.4) is 0 Å². The zero-order valence-electron chi connectivity index (χ0n) is 17.2. The van der Waals surface area contributed by atoms with Gasteiger partial charge in [0.1, 0.15) is 10.6 Å². The fourth-order valence-corrected chi connectivity index (χ4v) is 5.66. The summed E-state index contributed by atoms with van der Waals surface area (Å²) >= 11 is 2.75.